The molecule has 0 saturated heterocycles. The van der Waals surface area contributed by atoms with Crippen LogP contribution in [-0.2, 0) is 25.5 Å². The number of benzene rings is 1. The van der Waals surface area contributed by atoms with E-state index in [1.54, 1.807) is 0 Å². The Bertz CT molecular complexity index is 839. The summed E-state index contributed by atoms with van der Waals surface area (Å²) in [6.45, 7) is 0. The molecule has 150 valence electrons. The van der Waals surface area contributed by atoms with Gasteiger partial charge in [0, 0.05) is 17.6 Å². The summed E-state index contributed by atoms with van der Waals surface area (Å²) in [5.41, 5.74) is -1.21. The normalized spacial score (nSPS) is 26.2. The van der Waals surface area contributed by atoms with E-state index in [0.717, 1.165) is 25.0 Å². The van der Waals surface area contributed by atoms with Crippen LogP contribution in [-0.4, -0.2) is 38.8 Å². The molecule has 5 nitrogen and oxygen atoms in total. The molecule has 0 spiro atoms. The number of halogens is 4. The van der Waals surface area contributed by atoms with Crippen molar-refractivity contribution in [2.45, 2.75) is 54.2 Å². The molecule has 10 heteroatoms. The fourth-order valence-electron chi connectivity index (χ4n) is 3.43. The van der Waals surface area contributed by atoms with Gasteiger partial charge < -0.3 is 10.1 Å². The van der Waals surface area contributed by atoms with E-state index >= 15 is 0 Å². The summed E-state index contributed by atoms with van der Waals surface area (Å²) in [4.78, 5) is 11.6. The maximum absolute atomic E-state index is 13.4. The summed E-state index contributed by atoms with van der Waals surface area (Å²) < 4.78 is 71.5. The summed E-state index contributed by atoms with van der Waals surface area (Å²) in [6, 6.07) is 3.09. The smallest absolute Gasteiger partial charge is 0.381 e. The zero-order chi connectivity index (χ0) is 20.0. The average molecular weight is 470 g/mol. The Morgan fingerprint density at radius 3 is 2.48 bits per heavy atom. The van der Waals surface area contributed by atoms with E-state index in [1.807, 2.05) is 0 Å². The predicted octanol–water partition coefficient (Wildman–Crippen LogP) is 3.31. The van der Waals surface area contributed by atoms with Crippen molar-refractivity contribution < 1.29 is 31.1 Å². The molecule has 2 fully saturated rings. The largest absolute Gasteiger partial charge is 0.417 e. The van der Waals surface area contributed by atoms with Crippen LogP contribution >= 0.6 is 15.9 Å². The van der Waals surface area contributed by atoms with Crippen molar-refractivity contribution >= 4 is 31.7 Å². The van der Waals surface area contributed by atoms with Crippen LogP contribution in [0.1, 0.15) is 31.2 Å². The van der Waals surface area contributed by atoms with Gasteiger partial charge in [0.25, 0.3) is 0 Å². The van der Waals surface area contributed by atoms with Gasteiger partial charge in [-0.05, 0) is 43.9 Å². The Hall–Kier alpha value is -1.13. The van der Waals surface area contributed by atoms with Gasteiger partial charge >= 0.3 is 6.18 Å². The molecular formula is C17H19BrF3NO4S. The van der Waals surface area contributed by atoms with Gasteiger partial charge in [0.05, 0.1) is 27.7 Å². The van der Waals surface area contributed by atoms with Gasteiger partial charge in [0.15, 0.2) is 9.84 Å². The van der Waals surface area contributed by atoms with Gasteiger partial charge in [-0.1, -0.05) is 15.9 Å². The summed E-state index contributed by atoms with van der Waals surface area (Å²) in [5.74, 6) is -0.992. The molecule has 1 amide bonds. The molecule has 2 aliphatic carbocycles. The number of hydrogen-bond acceptors (Lipinski definition) is 4. The number of methoxy groups -OCH3 is 1. The molecule has 1 N–H and O–H groups in total. The molecule has 0 bridgehead atoms. The molecule has 1 aromatic rings. The molecule has 3 atom stereocenters. The van der Waals surface area contributed by atoms with Crippen molar-refractivity contribution in [3.8, 4) is 0 Å². The number of nitrogens with one attached hydrogen (secondary N) is 1. The first kappa shape index (κ1) is 20.6. The molecule has 0 radical (unpaired) electrons. The van der Waals surface area contributed by atoms with E-state index in [9.17, 15) is 26.4 Å². The van der Waals surface area contributed by atoms with Gasteiger partial charge in [0.2, 0.25) is 5.91 Å². The lowest BCUT2D eigenvalue weighted by molar-refractivity contribution is -0.140. The van der Waals surface area contributed by atoms with Crippen LogP contribution in [0.25, 0.3) is 0 Å². The summed E-state index contributed by atoms with van der Waals surface area (Å²) in [7, 11) is -2.92. The van der Waals surface area contributed by atoms with Gasteiger partial charge in [0.1, 0.15) is 0 Å². The highest BCUT2D eigenvalue weighted by molar-refractivity contribution is 9.10. The second kappa shape index (κ2) is 7.36. The molecule has 2 aliphatic rings. The standard InChI is InChI=1S/C17H19BrF3NO4S/c1-26-14-8-11(7-12(14)16(23)22-10-3-4-10)27(24,25)15-5-2-9(18)6-13(15)17(19,20)21/h2,5-6,10-12,14H,3-4,7-8H2,1H3,(H,22,23)/t11-,12-,14-/m0/s1. The molecule has 27 heavy (non-hydrogen) atoms. The van der Waals surface area contributed by atoms with Crippen LogP contribution in [0.3, 0.4) is 0 Å². The monoisotopic (exact) mass is 469 g/mol. The quantitative estimate of drug-likeness (QED) is 0.717. The number of hydrogen-bond donors (Lipinski definition) is 1. The fourth-order valence-corrected chi connectivity index (χ4v) is 5.79. The van der Waals surface area contributed by atoms with Gasteiger partial charge in [-0.2, -0.15) is 13.2 Å². The molecular weight excluding hydrogens is 451 g/mol. The minimum atomic E-state index is -4.81. The minimum Gasteiger partial charge on any atom is -0.381 e. The number of rotatable bonds is 5. The molecule has 1 aromatic carbocycles. The van der Waals surface area contributed by atoms with Crippen LogP contribution in [0.4, 0.5) is 13.2 Å². The van der Waals surface area contributed by atoms with Crippen molar-refractivity contribution in [2.75, 3.05) is 7.11 Å². The van der Waals surface area contributed by atoms with Gasteiger partial charge in [-0.15, -0.1) is 0 Å². The van der Waals surface area contributed by atoms with Crippen LogP contribution in [0.15, 0.2) is 27.6 Å². The van der Waals surface area contributed by atoms with E-state index in [1.165, 1.54) is 13.2 Å². The highest BCUT2D eigenvalue weighted by atomic mass is 79.9. The number of amides is 1. The van der Waals surface area contributed by atoms with E-state index < -0.39 is 43.7 Å². The first-order valence-corrected chi connectivity index (χ1v) is 10.8. The zero-order valence-electron chi connectivity index (χ0n) is 14.4. The van der Waals surface area contributed by atoms with Crippen molar-refractivity contribution in [3.63, 3.8) is 0 Å². The Labute approximate surface area is 163 Å². The maximum atomic E-state index is 13.4. The number of sulfone groups is 1. The molecule has 0 heterocycles. The Kier molecular flexibility index (Phi) is 5.62. The lowest BCUT2D eigenvalue weighted by Crippen LogP contribution is -2.36. The fraction of sp³-hybridized carbons (Fsp3) is 0.588. The average Bonchev–Trinajstić information content (AvgIpc) is 3.27. The van der Waals surface area contributed by atoms with Crippen molar-refractivity contribution in [1.82, 2.24) is 5.32 Å². The number of carbonyl (C=O) groups excluding carboxylic acids is 1. The summed E-state index contributed by atoms with van der Waals surface area (Å²) in [6.07, 6.45) is -3.78. The van der Waals surface area contributed by atoms with Crippen LogP contribution in [0.2, 0.25) is 0 Å². The number of ether oxygens (including phenoxy) is 1. The Morgan fingerprint density at radius 1 is 1.26 bits per heavy atom. The van der Waals surface area contributed by atoms with E-state index in [0.29, 0.717) is 0 Å². The molecule has 3 rings (SSSR count). The topological polar surface area (TPSA) is 72.5 Å². The third-order valence-electron chi connectivity index (χ3n) is 5.02. The lowest BCUT2D eigenvalue weighted by Gasteiger charge is -2.17. The van der Waals surface area contributed by atoms with E-state index in [2.05, 4.69) is 21.2 Å². The molecule has 0 aromatic heterocycles. The highest BCUT2D eigenvalue weighted by Crippen LogP contribution is 2.41. The van der Waals surface area contributed by atoms with Crippen molar-refractivity contribution in [2.24, 2.45) is 5.92 Å². The Morgan fingerprint density at radius 2 is 1.93 bits per heavy atom. The predicted molar refractivity (Wildman–Crippen MR) is 94.8 cm³/mol. The van der Waals surface area contributed by atoms with Crippen LogP contribution in [0, 0.1) is 5.92 Å². The lowest BCUT2D eigenvalue weighted by atomic mass is 10.1. The molecule has 2 saturated carbocycles. The maximum Gasteiger partial charge on any atom is 0.417 e. The van der Waals surface area contributed by atoms with E-state index in [4.69, 9.17) is 4.74 Å². The summed E-state index contributed by atoms with van der Waals surface area (Å²) in [5, 5.41) is 1.70. The van der Waals surface area contributed by atoms with Crippen molar-refractivity contribution in [1.29, 1.82) is 0 Å². The SMILES string of the molecule is CO[C@H]1C[C@@H](S(=O)(=O)c2ccc(Br)cc2C(F)(F)F)C[C@@H]1C(=O)NC1CC1. The van der Waals surface area contributed by atoms with Gasteiger partial charge in [-0.25, -0.2) is 8.42 Å². The molecule has 0 aliphatic heterocycles. The third kappa shape index (κ3) is 4.32. The van der Waals surface area contributed by atoms with Crippen molar-refractivity contribution in [3.05, 3.63) is 28.2 Å². The zero-order valence-corrected chi connectivity index (χ0v) is 16.8. The number of carbonyl (C=O) groups is 1. The van der Waals surface area contributed by atoms with Gasteiger partial charge in [-0.3, -0.25) is 4.79 Å². The number of alkyl halides is 3. The third-order valence-corrected chi connectivity index (χ3v) is 7.74. The second-order valence-electron chi connectivity index (χ2n) is 6.94. The first-order chi connectivity index (χ1) is 12.5. The minimum absolute atomic E-state index is 0.0189. The Balaban J connectivity index is 1.90. The van der Waals surface area contributed by atoms with Crippen LogP contribution in [0.5, 0.6) is 0 Å². The highest BCUT2D eigenvalue weighted by Gasteiger charge is 2.48. The second-order valence-corrected chi connectivity index (χ2v) is 10.1. The summed E-state index contributed by atoms with van der Waals surface area (Å²) >= 11 is 2.95. The molecule has 0 unspecified atom stereocenters. The van der Waals surface area contributed by atoms with E-state index in [-0.39, 0.29) is 29.3 Å². The van der Waals surface area contributed by atoms with Crippen LogP contribution < -0.4 is 5.32 Å². The first-order valence-electron chi connectivity index (χ1n) is 8.48.